The quantitative estimate of drug-likeness (QED) is 0.771. The lowest BCUT2D eigenvalue weighted by atomic mass is 9.84. The first-order chi connectivity index (χ1) is 7.69. The van der Waals surface area contributed by atoms with Gasteiger partial charge in [0.25, 0.3) is 0 Å². The van der Waals surface area contributed by atoms with Gasteiger partial charge in [0, 0.05) is 12.8 Å². The van der Waals surface area contributed by atoms with Crippen LogP contribution in [0.5, 0.6) is 5.75 Å². The van der Waals surface area contributed by atoms with Crippen LogP contribution in [0.15, 0.2) is 18.2 Å². The molecule has 0 saturated carbocycles. The molecular formula is C13H19NO2. The Balaban J connectivity index is 2.25. The predicted octanol–water partition coefficient (Wildman–Crippen LogP) is 2.55. The van der Waals surface area contributed by atoms with Crippen molar-refractivity contribution in [2.24, 2.45) is 0 Å². The van der Waals surface area contributed by atoms with Gasteiger partial charge in [0.15, 0.2) is 0 Å². The first-order valence-corrected chi connectivity index (χ1v) is 5.78. The third kappa shape index (κ3) is 2.00. The van der Waals surface area contributed by atoms with Gasteiger partial charge >= 0.3 is 0 Å². The summed E-state index contributed by atoms with van der Waals surface area (Å²) in [6.07, 6.45) is 3.09. The maximum Gasteiger partial charge on any atom is 0.116 e. The van der Waals surface area contributed by atoms with E-state index in [2.05, 4.69) is 12.2 Å². The number of phenolic OH excluding ortho intramolecular Hbond substituents is 1. The fraction of sp³-hybridized carbons (Fsp3) is 0.538. The Bertz CT molecular complexity index is 378. The summed E-state index contributed by atoms with van der Waals surface area (Å²) in [7, 11) is 1.74. The molecule has 16 heavy (non-hydrogen) atoms. The van der Waals surface area contributed by atoms with E-state index in [1.807, 2.05) is 12.1 Å². The van der Waals surface area contributed by atoms with Crippen LogP contribution in [0.2, 0.25) is 0 Å². The molecule has 0 bridgehead atoms. The van der Waals surface area contributed by atoms with Crippen molar-refractivity contribution < 1.29 is 9.84 Å². The van der Waals surface area contributed by atoms with Crippen molar-refractivity contribution in [2.75, 3.05) is 19.0 Å². The number of methoxy groups -OCH3 is 1. The average Bonchev–Trinajstić information content (AvgIpc) is 2.30. The van der Waals surface area contributed by atoms with Gasteiger partial charge in [0.2, 0.25) is 0 Å². The van der Waals surface area contributed by atoms with E-state index in [0.717, 1.165) is 31.6 Å². The van der Waals surface area contributed by atoms with Crippen molar-refractivity contribution in [3.05, 3.63) is 23.8 Å². The monoisotopic (exact) mass is 221 g/mol. The topological polar surface area (TPSA) is 41.5 Å². The molecular weight excluding hydrogens is 202 g/mol. The number of nitrogens with one attached hydrogen (secondary N) is 1. The molecule has 1 aromatic carbocycles. The van der Waals surface area contributed by atoms with Gasteiger partial charge < -0.3 is 15.2 Å². The van der Waals surface area contributed by atoms with Gasteiger partial charge in [-0.15, -0.1) is 0 Å². The van der Waals surface area contributed by atoms with Crippen LogP contribution in [0.1, 0.15) is 25.3 Å². The predicted molar refractivity (Wildman–Crippen MR) is 64.9 cm³/mol. The molecule has 1 aromatic rings. The molecule has 1 aliphatic heterocycles. The summed E-state index contributed by atoms with van der Waals surface area (Å²) in [4.78, 5) is 0. The van der Waals surface area contributed by atoms with Crippen LogP contribution in [0, 0.1) is 0 Å². The Morgan fingerprint density at radius 1 is 1.50 bits per heavy atom. The lowest BCUT2D eigenvalue weighted by molar-refractivity contribution is 0.133. The number of hydrogen-bond acceptors (Lipinski definition) is 3. The third-order valence-corrected chi connectivity index (χ3v) is 3.46. The number of benzene rings is 1. The summed E-state index contributed by atoms with van der Waals surface area (Å²) in [5.74, 6) is 0.344. The molecule has 1 heterocycles. The molecule has 0 spiro atoms. The zero-order valence-electron chi connectivity index (χ0n) is 9.92. The lowest BCUT2D eigenvalue weighted by Gasteiger charge is -2.39. The van der Waals surface area contributed by atoms with Gasteiger partial charge in [-0.25, -0.2) is 0 Å². The second-order valence-electron chi connectivity index (χ2n) is 4.53. The number of phenols is 1. The molecule has 1 aliphatic rings. The fourth-order valence-corrected chi connectivity index (χ4v) is 2.38. The zero-order valence-corrected chi connectivity index (χ0v) is 9.92. The summed E-state index contributed by atoms with van der Waals surface area (Å²) >= 11 is 0. The largest absolute Gasteiger partial charge is 0.508 e. The molecule has 0 radical (unpaired) electrons. The molecule has 0 fully saturated rings. The minimum absolute atomic E-state index is 0.0543. The average molecular weight is 221 g/mol. The summed E-state index contributed by atoms with van der Waals surface area (Å²) in [5, 5.41) is 13.0. The van der Waals surface area contributed by atoms with Crippen molar-refractivity contribution in [3.8, 4) is 5.75 Å². The van der Waals surface area contributed by atoms with Crippen LogP contribution >= 0.6 is 0 Å². The van der Waals surface area contributed by atoms with Crippen LogP contribution in [0.4, 0.5) is 5.69 Å². The van der Waals surface area contributed by atoms with Crippen molar-refractivity contribution >= 4 is 5.69 Å². The summed E-state index contributed by atoms with van der Waals surface area (Å²) in [6, 6.07) is 5.52. The van der Waals surface area contributed by atoms with Gasteiger partial charge in [-0.2, -0.15) is 0 Å². The lowest BCUT2D eigenvalue weighted by Crippen LogP contribution is -2.45. The smallest absolute Gasteiger partial charge is 0.116 e. The number of aryl methyl sites for hydroxylation is 1. The molecule has 0 amide bonds. The first kappa shape index (κ1) is 11.3. The highest BCUT2D eigenvalue weighted by Gasteiger charge is 2.32. The van der Waals surface area contributed by atoms with E-state index in [1.54, 1.807) is 13.2 Å². The Hall–Kier alpha value is -1.22. The van der Waals surface area contributed by atoms with Gasteiger partial charge in [0.1, 0.15) is 5.75 Å². The Morgan fingerprint density at radius 3 is 3.00 bits per heavy atom. The molecule has 0 aliphatic carbocycles. The molecule has 88 valence electrons. The molecule has 3 nitrogen and oxygen atoms in total. The van der Waals surface area contributed by atoms with Gasteiger partial charge in [-0.05, 0) is 43.0 Å². The molecule has 1 unspecified atom stereocenters. The minimum atomic E-state index is 0.0543. The second kappa shape index (κ2) is 4.34. The van der Waals surface area contributed by atoms with Crippen molar-refractivity contribution in [1.82, 2.24) is 0 Å². The van der Waals surface area contributed by atoms with E-state index in [9.17, 15) is 5.11 Å². The highest BCUT2D eigenvalue weighted by atomic mass is 16.5. The molecule has 1 atom stereocenters. The molecule has 0 aromatic heterocycles. The Labute approximate surface area is 96.4 Å². The second-order valence-corrected chi connectivity index (χ2v) is 4.53. The van der Waals surface area contributed by atoms with E-state index < -0.39 is 0 Å². The third-order valence-electron chi connectivity index (χ3n) is 3.46. The summed E-state index contributed by atoms with van der Waals surface area (Å²) in [6.45, 7) is 2.90. The number of fused-ring (bicyclic) bond motifs is 1. The maximum absolute atomic E-state index is 9.43. The molecule has 2 N–H and O–H groups in total. The first-order valence-electron chi connectivity index (χ1n) is 5.78. The minimum Gasteiger partial charge on any atom is -0.508 e. The fourth-order valence-electron chi connectivity index (χ4n) is 2.38. The van der Waals surface area contributed by atoms with E-state index in [-0.39, 0.29) is 5.54 Å². The van der Waals surface area contributed by atoms with Crippen LogP contribution in [0.3, 0.4) is 0 Å². The summed E-state index contributed by atoms with van der Waals surface area (Å²) < 4.78 is 5.30. The van der Waals surface area contributed by atoms with Crippen LogP contribution in [-0.4, -0.2) is 24.4 Å². The number of ether oxygens (including phenoxy) is 1. The highest BCUT2D eigenvalue weighted by molar-refractivity contribution is 5.57. The van der Waals surface area contributed by atoms with E-state index in [4.69, 9.17) is 4.74 Å². The normalized spacial score (nSPS) is 23.6. The zero-order chi connectivity index (χ0) is 11.6. The number of hydrogen-bond donors (Lipinski definition) is 2. The maximum atomic E-state index is 9.43. The van der Waals surface area contributed by atoms with Crippen molar-refractivity contribution in [2.45, 2.75) is 31.7 Å². The van der Waals surface area contributed by atoms with E-state index in [1.165, 1.54) is 5.56 Å². The van der Waals surface area contributed by atoms with Crippen LogP contribution < -0.4 is 5.32 Å². The van der Waals surface area contributed by atoms with Crippen LogP contribution in [-0.2, 0) is 11.2 Å². The van der Waals surface area contributed by atoms with E-state index in [0.29, 0.717) is 5.75 Å². The van der Waals surface area contributed by atoms with Gasteiger partial charge in [-0.1, -0.05) is 6.92 Å². The summed E-state index contributed by atoms with van der Waals surface area (Å²) in [5.41, 5.74) is 2.38. The Kier molecular flexibility index (Phi) is 3.06. The molecule has 0 saturated heterocycles. The van der Waals surface area contributed by atoms with Crippen molar-refractivity contribution in [1.29, 1.82) is 0 Å². The Morgan fingerprint density at radius 2 is 2.31 bits per heavy atom. The van der Waals surface area contributed by atoms with Crippen molar-refractivity contribution in [3.63, 3.8) is 0 Å². The number of anilines is 1. The van der Waals surface area contributed by atoms with E-state index >= 15 is 0 Å². The van der Waals surface area contributed by atoms with Gasteiger partial charge in [0.05, 0.1) is 12.1 Å². The highest BCUT2D eigenvalue weighted by Crippen LogP contribution is 2.34. The van der Waals surface area contributed by atoms with Gasteiger partial charge in [-0.3, -0.25) is 0 Å². The number of aromatic hydroxyl groups is 1. The molecule has 2 rings (SSSR count). The SMILES string of the molecule is CCC1(COC)CCc2cc(O)ccc2N1. The standard InChI is InChI=1S/C13H19NO2/c1-3-13(9-16-2)7-6-10-8-11(15)4-5-12(10)14-13/h4-5,8,14-15H,3,6-7,9H2,1-2H3. The number of rotatable bonds is 3. The molecule has 3 heteroatoms. The van der Waals surface area contributed by atoms with Crippen LogP contribution in [0.25, 0.3) is 0 Å².